The summed E-state index contributed by atoms with van der Waals surface area (Å²) in [6, 6.07) is 13.2. The van der Waals surface area contributed by atoms with Crippen molar-refractivity contribution in [2.45, 2.75) is 39.7 Å². The minimum Gasteiger partial charge on any atom is -0.494 e. The van der Waals surface area contributed by atoms with Crippen molar-refractivity contribution in [1.29, 1.82) is 0 Å². The Morgan fingerprint density at radius 2 is 1.97 bits per heavy atom. The molecule has 29 heavy (non-hydrogen) atoms. The van der Waals surface area contributed by atoms with E-state index < -0.39 is 0 Å². The molecule has 0 bridgehead atoms. The Morgan fingerprint density at radius 3 is 2.62 bits per heavy atom. The minimum atomic E-state index is -0.197. The van der Waals surface area contributed by atoms with Crippen molar-refractivity contribution in [3.05, 3.63) is 59.2 Å². The lowest BCUT2D eigenvalue weighted by atomic mass is 10.1. The van der Waals surface area contributed by atoms with Crippen molar-refractivity contribution in [3.63, 3.8) is 0 Å². The molecule has 3 rings (SSSR count). The summed E-state index contributed by atoms with van der Waals surface area (Å²) in [5.74, 6) is 1.01. The SMILES string of the molecule is CCOc1ccc(NC(=NC[C@H]2CCCO2)NC(=O)c2ccc(C)c(C)c2)cc1. The summed E-state index contributed by atoms with van der Waals surface area (Å²) in [6.45, 7) is 7.87. The van der Waals surface area contributed by atoms with Crippen molar-refractivity contribution in [1.82, 2.24) is 5.32 Å². The molecule has 0 unspecified atom stereocenters. The van der Waals surface area contributed by atoms with Crippen molar-refractivity contribution in [2.75, 3.05) is 25.1 Å². The highest BCUT2D eigenvalue weighted by atomic mass is 16.5. The Kier molecular flexibility index (Phi) is 7.25. The Labute approximate surface area is 172 Å². The Balaban J connectivity index is 1.73. The van der Waals surface area contributed by atoms with E-state index in [0.29, 0.717) is 24.7 Å². The van der Waals surface area contributed by atoms with Gasteiger partial charge in [-0.15, -0.1) is 0 Å². The maximum Gasteiger partial charge on any atom is 0.257 e. The molecule has 154 valence electrons. The summed E-state index contributed by atoms with van der Waals surface area (Å²) in [5.41, 5.74) is 3.66. The van der Waals surface area contributed by atoms with Crippen LogP contribution >= 0.6 is 0 Å². The van der Waals surface area contributed by atoms with E-state index in [1.54, 1.807) is 0 Å². The van der Waals surface area contributed by atoms with Crippen molar-refractivity contribution in [3.8, 4) is 5.75 Å². The molecule has 1 aliphatic heterocycles. The normalized spacial score (nSPS) is 16.5. The zero-order valence-corrected chi connectivity index (χ0v) is 17.3. The average molecular weight is 396 g/mol. The third-order valence-electron chi connectivity index (χ3n) is 4.91. The first-order chi connectivity index (χ1) is 14.0. The van der Waals surface area contributed by atoms with Gasteiger partial charge in [0.25, 0.3) is 5.91 Å². The second kappa shape index (κ2) is 10.1. The third-order valence-corrected chi connectivity index (χ3v) is 4.91. The molecule has 6 heteroatoms. The van der Waals surface area contributed by atoms with Gasteiger partial charge in [0.05, 0.1) is 19.3 Å². The summed E-state index contributed by atoms with van der Waals surface area (Å²) in [6.07, 6.45) is 2.15. The van der Waals surface area contributed by atoms with Gasteiger partial charge >= 0.3 is 0 Å². The molecule has 0 saturated carbocycles. The zero-order chi connectivity index (χ0) is 20.6. The molecule has 1 aliphatic rings. The maximum absolute atomic E-state index is 12.8. The molecule has 6 nitrogen and oxygen atoms in total. The molecule has 2 N–H and O–H groups in total. The highest BCUT2D eigenvalue weighted by molar-refractivity contribution is 6.10. The summed E-state index contributed by atoms with van der Waals surface area (Å²) < 4.78 is 11.1. The Morgan fingerprint density at radius 1 is 1.17 bits per heavy atom. The van der Waals surface area contributed by atoms with Crippen LogP contribution in [0.4, 0.5) is 5.69 Å². The molecule has 1 fully saturated rings. The average Bonchev–Trinajstić information content (AvgIpc) is 3.23. The Hall–Kier alpha value is -2.86. The van der Waals surface area contributed by atoms with E-state index in [-0.39, 0.29) is 12.0 Å². The number of carbonyl (C=O) groups is 1. The van der Waals surface area contributed by atoms with Crippen LogP contribution in [0.15, 0.2) is 47.5 Å². The van der Waals surface area contributed by atoms with Crippen LogP contribution in [-0.2, 0) is 4.74 Å². The number of ether oxygens (including phenoxy) is 2. The second-order valence-corrected chi connectivity index (χ2v) is 7.16. The maximum atomic E-state index is 12.8. The molecule has 1 atom stereocenters. The number of amides is 1. The summed E-state index contributed by atoms with van der Waals surface area (Å²) in [4.78, 5) is 17.3. The number of hydrogen-bond acceptors (Lipinski definition) is 4. The van der Waals surface area contributed by atoms with Gasteiger partial charge in [-0.2, -0.15) is 0 Å². The van der Waals surface area contributed by atoms with Crippen LogP contribution in [0.25, 0.3) is 0 Å². The number of rotatable bonds is 6. The van der Waals surface area contributed by atoms with E-state index in [1.807, 2.05) is 63.2 Å². The van der Waals surface area contributed by atoms with E-state index in [1.165, 1.54) is 0 Å². The highest BCUT2D eigenvalue weighted by Crippen LogP contribution is 2.16. The lowest BCUT2D eigenvalue weighted by Gasteiger charge is -2.14. The first-order valence-electron chi connectivity index (χ1n) is 10.1. The highest BCUT2D eigenvalue weighted by Gasteiger charge is 2.16. The fourth-order valence-corrected chi connectivity index (χ4v) is 3.09. The quantitative estimate of drug-likeness (QED) is 0.571. The van der Waals surface area contributed by atoms with Crippen molar-refractivity contribution in [2.24, 2.45) is 4.99 Å². The van der Waals surface area contributed by atoms with Gasteiger partial charge in [0.2, 0.25) is 5.96 Å². The molecule has 1 amide bonds. The topological polar surface area (TPSA) is 71.9 Å². The zero-order valence-electron chi connectivity index (χ0n) is 17.3. The first kappa shape index (κ1) is 20.9. The van der Waals surface area contributed by atoms with Crippen molar-refractivity contribution >= 4 is 17.6 Å². The van der Waals surface area contributed by atoms with Crippen LogP contribution in [0, 0.1) is 13.8 Å². The molecule has 1 saturated heterocycles. The van der Waals surface area contributed by atoms with Crippen LogP contribution in [0.2, 0.25) is 0 Å². The van der Waals surface area contributed by atoms with E-state index in [9.17, 15) is 4.79 Å². The van der Waals surface area contributed by atoms with E-state index >= 15 is 0 Å². The van der Waals surface area contributed by atoms with Crippen LogP contribution in [0.3, 0.4) is 0 Å². The summed E-state index contributed by atoms with van der Waals surface area (Å²) >= 11 is 0. The number of hydrogen-bond donors (Lipinski definition) is 2. The van der Waals surface area contributed by atoms with Gasteiger partial charge in [-0.25, -0.2) is 4.99 Å². The van der Waals surface area contributed by atoms with Crippen LogP contribution < -0.4 is 15.4 Å². The number of nitrogens with one attached hydrogen (secondary N) is 2. The molecule has 0 aromatic heterocycles. The number of nitrogens with zero attached hydrogens (tertiary/aromatic N) is 1. The largest absolute Gasteiger partial charge is 0.494 e. The van der Waals surface area contributed by atoms with Gasteiger partial charge < -0.3 is 14.8 Å². The van der Waals surface area contributed by atoms with E-state index in [0.717, 1.165) is 42.0 Å². The van der Waals surface area contributed by atoms with E-state index in [4.69, 9.17) is 9.47 Å². The lowest BCUT2D eigenvalue weighted by Crippen LogP contribution is -2.36. The minimum absolute atomic E-state index is 0.102. The number of carbonyl (C=O) groups excluding carboxylic acids is 1. The third kappa shape index (κ3) is 6.06. The fraction of sp³-hybridized carbons (Fsp3) is 0.391. The number of aliphatic imine (C=N–C) groups is 1. The number of benzene rings is 2. The van der Waals surface area contributed by atoms with Gasteiger partial charge in [0.15, 0.2) is 0 Å². The summed E-state index contributed by atoms with van der Waals surface area (Å²) in [7, 11) is 0. The predicted octanol–water partition coefficient (Wildman–Crippen LogP) is 4.08. The molecule has 2 aromatic carbocycles. The predicted molar refractivity (Wildman–Crippen MR) is 116 cm³/mol. The van der Waals surface area contributed by atoms with Gasteiger partial charge in [0.1, 0.15) is 5.75 Å². The van der Waals surface area contributed by atoms with Crippen molar-refractivity contribution < 1.29 is 14.3 Å². The molecular weight excluding hydrogens is 366 g/mol. The lowest BCUT2D eigenvalue weighted by molar-refractivity contribution is 0.0975. The molecule has 0 aliphatic carbocycles. The molecule has 2 aromatic rings. The smallest absolute Gasteiger partial charge is 0.257 e. The van der Waals surface area contributed by atoms with Gasteiger partial charge in [0, 0.05) is 17.9 Å². The number of anilines is 1. The van der Waals surface area contributed by atoms with Crippen LogP contribution in [-0.4, -0.2) is 37.7 Å². The van der Waals surface area contributed by atoms with Crippen LogP contribution in [0.5, 0.6) is 5.75 Å². The number of aryl methyl sites for hydroxylation is 2. The molecular formula is C23H29N3O3. The summed E-state index contributed by atoms with van der Waals surface area (Å²) in [5, 5.41) is 6.11. The van der Waals surface area contributed by atoms with Gasteiger partial charge in [-0.1, -0.05) is 6.07 Å². The first-order valence-corrected chi connectivity index (χ1v) is 10.1. The molecule has 0 radical (unpaired) electrons. The fourth-order valence-electron chi connectivity index (χ4n) is 3.09. The van der Waals surface area contributed by atoms with Crippen LogP contribution in [0.1, 0.15) is 41.3 Å². The molecule has 1 heterocycles. The standard InChI is InChI=1S/C23H29N3O3/c1-4-28-20-11-9-19(10-12-20)25-23(24-15-21-6-5-13-29-21)26-22(27)18-8-7-16(2)17(3)14-18/h7-12,14,21H,4-6,13,15H2,1-3H3,(H2,24,25,26,27)/t21-/m1/s1. The van der Waals surface area contributed by atoms with Gasteiger partial charge in [-0.3, -0.25) is 10.1 Å². The second-order valence-electron chi connectivity index (χ2n) is 7.16. The van der Waals surface area contributed by atoms with Gasteiger partial charge in [-0.05, 0) is 81.1 Å². The van der Waals surface area contributed by atoms with E-state index in [2.05, 4.69) is 15.6 Å². The molecule has 0 spiro atoms. The number of guanidine groups is 1. The Bertz CT molecular complexity index is 856. The monoisotopic (exact) mass is 395 g/mol.